The summed E-state index contributed by atoms with van der Waals surface area (Å²) in [5.41, 5.74) is -0.659. The van der Waals surface area contributed by atoms with Gasteiger partial charge < -0.3 is 15.0 Å². The van der Waals surface area contributed by atoms with E-state index >= 15 is 0 Å². The van der Waals surface area contributed by atoms with Crippen LogP contribution in [-0.4, -0.2) is 42.9 Å². The van der Waals surface area contributed by atoms with E-state index in [0.29, 0.717) is 10.7 Å². The molecule has 0 aromatic heterocycles. The van der Waals surface area contributed by atoms with E-state index in [1.807, 2.05) is 0 Å². The number of hydrogen-bond donors (Lipinski definition) is 1. The Balaban J connectivity index is 1.84. The van der Waals surface area contributed by atoms with E-state index in [2.05, 4.69) is 5.32 Å². The predicted molar refractivity (Wildman–Crippen MR) is 99.4 cm³/mol. The Labute approximate surface area is 169 Å². The number of benzene rings is 2. The molecule has 0 spiro atoms. The average molecular weight is 429 g/mol. The SMILES string of the molecule is CN(CC(=O)Nc1ccccc1Cl)C(=O)COC(=O)c1ccc(C(F)(F)F)cc1. The summed E-state index contributed by atoms with van der Waals surface area (Å²) in [4.78, 5) is 36.9. The molecule has 1 N–H and O–H groups in total. The van der Waals surface area contributed by atoms with Crippen molar-refractivity contribution < 1.29 is 32.3 Å². The lowest BCUT2D eigenvalue weighted by atomic mass is 10.1. The maximum atomic E-state index is 12.5. The molecule has 2 amide bonds. The number of anilines is 1. The molecule has 0 aliphatic carbocycles. The molecule has 0 unspecified atom stereocenters. The topological polar surface area (TPSA) is 75.7 Å². The Bertz CT molecular complexity index is 901. The molecule has 0 heterocycles. The molecule has 0 aliphatic rings. The van der Waals surface area contributed by atoms with E-state index in [9.17, 15) is 27.6 Å². The smallest absolute Gasteiger partial charge is 0.416 e. The molecule has 0 saturated heterocycles. The lowest BCUT2D eigenvalue weighted by molar-refractivity contribution is -0.137. The number of rotatable bonds is 6. The average Bonchev–Trinajstić information content (AvgIpc) is 2.67. The van der Waals surface area contributed by atoms with Crippen LogP contribution in [0.4, 0.5) is 18.9 Å². The number of nitrogens with zero attached hydrogens (tertiary/aromatic N) is 1. The Kier molecular flexibility index (Phi) is 7.22. The predicted octanol–water partition coefficient (Wildman–Crippen LogP) is 3.61. The van der Waals surface area contributed by atoms with Crippen LogP contribution < -0.4 is 5.32 Å². The number of para-hydroxylation sites is 1. The van der Waals surface area contributed by atoms with Gasteiger partial charge in [0, 0.05) is 7.05 Å². The zero-order chi connectivity index (χ0) is 21.6. The highest BCUT2D eigenvalue weighted by Crippen LogP contribution is 2.29. The lowest BCUT2D eigenvalue weighted by Crippen LogP contribution is -2.37. The van der Waals surface area contributed by atoms with E-state index in [-0.39, 0.29) is 12.1 Å². The molecule has 154 valence electrons. The molecular weight excluding hydrogens is 413 g/mol. The normalized spacial score (nSPS) is 10.9. The van der Waals surface area contributed by atoms with Gasteiger partial charge >= 0.3 is 12.1 Å². The Hall–Kier alpha value is -3.07. The van der Waals surface area contributed by atoms with E-state index in [4.69, 9.17) is 16.3 Å². The highest BCUT2D eigenvalue weighted by molar-refractivity contribution is 6.33. The third-order valence-corrected chi connectivity index (χ3v) is 4.06. The van der Waals surface area contributed by atoms with Crippen molar-refractivity contribution in [3.05, 3.63) is 64.7 Å². The highest BCUT2D eigenvalue weighted by Gasteiger charge is 2.30. The van der Waals surface area contributed by atoms with Crippen molar-refractivity contribution in [2.75, 3.05) is 25.5 Å². The summed E-state index contributed by atoms with van der Waals surface area (Å²) in [5.74, 6) is -2.14. The number of likely N-dealkylation sites (N-methyl/N-ethyl adjacent to an activating group) is 1. The zero-order valence-electron chi connectivity index (χ0n) is 15.1. The second-order valence-electron chi connectivity index (χ2n) is 5.93. The second kappa shape index (κ2) is 9.42. The maximum absolute atomic E-state index is 12.5. The lowest BCUT2D eigenvalue weighted by Gasteiger charge is -2.17. The zero-order valence-corrected chi connectivity index (χ0v) is 15.9. The van der Waals surface area contributed by atoms with Crippen molar-refractivity contribution in [3.8, 4) is 0 Å². The largest absolute Gasteiger partial charge is 0.452 e. The fraction of sp³-hybridized carbons (Fsp3) is 0.211. The molecule has 29 heavy (non-hydrogen) atoms. The van der Waals surface area contributed by atoms with Gasteiger partial charge in [-0.15, -0.1) is 0 Å². The Morgan fingerprint density at radius 2 is 1.69 bits per heavy atom. The quantitative estimate of drug-likeness (QED) is 0.713. The number of amides is 2. The van der Waals surface area contributed by atoms with Gasteiger partial charge in [-0.3, -0.25) is 9.59 Å². The number of halogens is 4. The summed E-state index contributed by atoms with van der Waals surface area (Å²) < 4.78 is 42.4. The van der Waals surface area contributed by atoms with Crippen molar-refractivity contribution in [1.29, 1.82) is 0 Å². The van der Waals surface area contributed by atoms with Gasteiger partial charge in [0.25, 0.3) is 5.91 Å². The number of carbonyl (C=O) groups is 3. The maximum Gasteiger partial charge on any atom is 0.416 e. The molecule has 10 heteroatoms. The van der Waals surface area contributed by atoms with Crippen LogP contribution in [0.3, 0.4) is 0 Å². The second-order valence-corrected chi connectivity index (χ2v) is 6.34. The Morgan fingerprint density at radius 1 is 1.07 bits per heavy atom. The van der Waals surface area contributed by atoms with Gasteiger partial charge in [-0.05, 0) is 36.4 Å². The van der Waals surface area contributed by atoms with Crippen LogP contribution in [-0.2, 0) is 20.5 Å². The molecule has 0 radical (unpaired) electrons. The minimum Gasteiger partial charge on any atom is -0.452 e. The van der Waals surface area contributed by atoms with Crippen molar-refractivity contribution in [2.45, 2.75) is 6.18 Å². The van der Waals surface area contributed by atoms with Gasteiger partial charge in [0.1, 0.15) is 0 Å². The molecule has 2 aromatic carbocycles. The minimum absolute atomic E-state index is 0.134. The number of alkyl halides is 3. The highest BCUT2D eigenvalue weighted by atomic mass is 35.5. The summed E-state index contributed by atoms with van der Waals surface area (Å²) in [6, 6.07) is 9.94. The number of esters is 1. The van der Waals surface area contributed by atoms with Gasteiger partial charge in [0.2, 0.25) is 5.91 Å². The summed E-state index contributed by atoms with van der Waals surface area (Å²) >= 11 is 5.93. The van der Waals surface area contributed by atoms with Crippen molar-refractivity contribution in [3.63, 3.8) is 0 Å². The fourth-order valence-corrected chi connectivity index (χ4v) is 2.35. The number of nitrogens with one attached hydrogen (secondary N) is 1. The van der Waals surface area contributed by atoms with Gasteiger partial charge in [-0.25, -0.2) is 4.79 Å². The molecule has 0 aliphatic heterocycles. The molecule has 0 atom stereocenters. The monoisotopic (exact) mass is 428 g/mol. The van der Waals surface area contributed by atoms with E-state index in [1.165, 1.54) is 7.05 Å². The molecular formula is C19H16ClF3N2O4. The molecule has 0 bridgehead atoms. The third-order valence-electron chi connectivity index (χ3n) is 3.73. The van der Waals surface area contributed by atoms with Crippen LogP contribution in [0.1, 0.15) is 15.9 Å². The first kappa shape index (κ1) is 22.2. The number of hydrogen-bond acceptors (Lipinski definition) is 4. The first-order valence-corrected chi connectivity index (χ1v) is 8.58. The van der Waals surface area contributed by atoms with Gasteiger partial charge in [-0.1, -0.05) is 23.7 Å². The van der Waals surface area contributed by atoms with Crippen molar-refractivity contribution in [2.24, 2.45) is 0 Å². The molecule has 2 rings (SSSR count). The Morgan fingerprint density at radius 3 is 2.28 bits per heavy atom. The van der Waals surface area contributed by atoms with Crippen molar-refractivity contribution >= 4 is 35.1 Å². The van der Waals surface area contributed by atoms with Crippen LogP contribution in [0.15, 0.2) is 48.5 Å². The summed E-state index contributed by atoms with van der Waals surface area (Å²) in [5, 5.41) is 2.87. The molecule has 0 fully saturated rings. The molecule has 2 aromatic rings. The van der Waals surface area contributed by atoms with Gasteiger partial charge in [0.15, 0.2) is 6.61 Å². The number of carbonyl (C=O) groups excluding carboxylic acids is 3. The fourth-order valence-electron chi connectivity index (χ4n) is 2.17. The van der Waals surface area contributed by atoms with Crippen LogP contribution in [0.5, 0.6) is 0 Å². The molecule has 0 saturated carbocycles. The van der Waals surface area contributed by atoms with Crippen molar-refractivity contribution in [1.82, 2.24) is 4.90 Å². The van der Waals surface area contributed by atoms with Crippen LogP contribution in [0.2, 0.25) is 5.02 Å². The van der Waals surface area contributed by atoms with E-state index in [1.54, 1.807) is 24.3 Å². The van der Waals surface area contributed by atoms with Crippen LogP contribution >= 0.6 is 11.6 Å². The van der Waals surface area contributed by atoms with Crippen LogP contribution in [0, 0.1) is 0 Å². The van der Waals surface area contributed by atoms with Gasteiger partial charge in [-0.2, -0.15) is 13.2 Å². The summed E-state index contributed by atoms with van der Waals surface area (Å²) in [7, 11) is 1.33. The van der Waals surface area contributed by atoms with E-state index in [0.717, 1.165) is 29.2 Å². The third kappa shape index (κ3) is 6.49. The van der Waals surface area contributed by atoms with Gasteiger partial charge in [0.05, 0.1) is 28.4 Å². The summed E-state index contributed by atoms with van der Waals surface area (Å²) in [6.45, 7) is -0.988. The first-order valence-electron chi connectivity index (χ1n) is 8.20. The summed E-state index contributed by atoms with van der Waals surface area (Å²) in [6.07, 6.45) is -4.52. The first-order chi connectivity index (χ1) is 13.6. The van der Waals surface area contributed by atoms with E-state index < -0.39 is 36.1 Å². The minimum atomic E-state index is -4.52. The molecule has 6 nitrogen and oxygen atoms in total. The standard InChI is InChI=1S/C19H16ClF3N2O4/c1-25(10-16(26)24-15-5-3-2-4-14(15)20)17(27)11-29-18(28)12-6-8-13(9-7-12)19(21,22)23/h2-9H,10-11H2,1H3,(H,24,26). The number of ether oxygens (including phenoxy) is 1. The van der Waals surface area contributed by atoms with Crippen LogP contribution in [0.25, 0.3) is 0 Å².